The van der Waals surface area contributed by atoms with Gasteiger partial charge in [-0.15, -0.1) is 11.3 Å². The molecule has 2 aliphatic rings. The molecule has 136 valence electrons. The van der Waals surface area contributed by atoms with E-state index in [4.69, 9.17) is 0 Å². The van der Waals surface area contributed by atoms with Crippen molar-refractivity contribution in [2.45, 2.75) is 38.1 Å². The average molecular weight is 369 g/mol. The van der Waals surface area contributed by atoms with Crippen LogP contribution in [0.25, 0.3) is 0 Å². The predicted octanol–water partition coefficient (Wildman–Crippen LogP) is 3.88. The molecule has 0 unspecified atom stereocenters. The number of benzene rings is 1. The summed E-state index contributed by atoms with van der Waals surface area (Å²) in [5, 5.41) is 7.87. The van der Waals surface area contributed by atoms with Crippen molar-refractivity contribution in [3.05, 3.63) is 46.2 Å². The third-order valence-electron chi connectivity index (χ3n) is 4.85. The molecule has 0 atom stereocenters. The molecule has 1 saturated carbocycles. The quantitative estimate of drug-likeness (QED) is 0.841. The van der Waals surface area contributed by atoms with Crippen LogP contribution in [-0.2, 0) is 0 Å². The van der Waals surface area contributed by atoms with E-state index >= 15 is 0 Å². The Morgan fingerprint density at radius 2 is 1.85 bits per heavy atom. The van der Waals surface area contributed by atoms with Gasteiger partial charge in [0, 0.05) is 30.5 Å². The first-order valence-electron chi connectivity index (χ1n) is 9.25. The maximum absolute atomic E-state index is 12.8. The SMILES string of the molecule is O=C(Nc1ccc(N2CCCCC2)c(C(=O)NC2CC2)c1)c1cccs1. The minimum absolute atomic E-state index is 0.0414. The van der Waals surface area contributed by atoms with E-state index in [2.05, 4.69) is 15.5 Å². The zero-order valence-electron chi connectivity index (χ0n) is 14.7. The maximum atomic E-state index is 12.8. The van der Waals surface area contributed by atoms with Crippen molar-refractivity contribution in [3.8, 4) is 0 Å². The van der Waals surface area contributed by atoms with Crippen LogP contribution in [0, 0.1) is 0 Å². The number of hydrogen-bond acceptors (Lipinski definition) is 4. The second kappa shape index (κ2) is 7.50. The summed E-state index contributed by atoms with van der Waals surface area (Å²) in [5.74, 6) is -0.181. The number of nitrogens with zero attached hydrogens (tertiary/aromatic N) is 1. The van der Waals surface area contributed by atoms with Gasteiger partial charge in [0.25, 0.3) is 11.8 Å². The van der Waals surface area contributed by atoms with Crippen molar-refractivity contribution in [2.24, 2.45) is 0 Å². The number of anilines is 2. The number of piperidine rings is 1. The molecule has 1 aliphatic heterocycles. The Balaban J connectivity index is 1.59. The number of carbonyl (C=O) groups excluding carboxylic acids is 2. The van der Waals surface area contributed by atoms with Crippen LogP contribution in [0.4, 0.5) is 11.4 Å². The highest BCUT2D eigenvalue weighted by Gasteiger charge is 2.26. The lowest BCUT2D eigenvalue weighted by Gasteiger charge is -2.30. The Labute approximate surface area is 157 Å². The van der Waals surface area contributed by atoms with E-state index in [1.807, 2.05) is 29.6 Å². The van der Waals surface area contributed by atoms with Crippen molar-refractivity contribution in [1.29, 1.82) is 0 Å². The number of amides is 2. The Hall–Kier alpha value is -2.34. The summed E-state index contributed by atoms with van der Waals surface area (Å²) >= 11 is 1.40. The second-order valence-electron chi connectivity index (χ2n) is 6.96. The summed E-state index contributed by atoms with van der Waals surface area (Å²) < 4.78 is 0. The second-order valence-corrected chi connectivity index (χ2v) is 7.91. The highest BCUT2D eigenvalue weighted by Crippen LogP contribution is 2.29. The highest BCUT2D eigenvalue weighted by molar-refractivity contribution is 7.12. The summed E-state index contributed by atoms with van der Waals surface area (Å²) in [6.07, 6.45) is 5.66. The highest BCUT2D eigenvalue weighted by atomic mass is 32.1. The lowest BCUT2D eigenvalue weighted by Crippen LogP contribution is -2.33. The van der Waals surface area contributed by atoms with E-state index in [-0.39, 0.29) is 11.8 Å². The summed E-state index contributed by atoms with van der Waals surface area (Å²) in [6, 6.07) is 9.63. The van der Waals surface area contributed by atoms with Crippen LogP contribution in [0.5, 0.6) is 0 Å². The molecule has 1 aliphatic carbocycles. The molecular weight excluding hydrogens is 346 g/mol. The fourth-order valence-corrected chi connectivity index (χ4v) is 3.92. The Bertz CT molecular complexity index is 793. The van der Waals surface area contributed by atoms with Crippen molar-refractivity contribution in [3.63, 3.8) is 0 Å². The molecule has 4 rings (SSSR count). The molecule has 5 nitrogen and oxygen atoms in total. The van der Waals surface area contributed by atoms with Crippen molar-refractivity contribution in [1.82, 2.24) is 5.32 Å². The van der Waals surface area contributed by atoms with Crippen molar-refractivity contribution < 1.29 is 9.59 Å². The molecule has 1 saturated heterocycles. The van der Waals surface area contributed by atoms with Gasteiger partial charge in [-0.25, -0.2) is 0 Å². The lowest BCUT2D eigenvalue weighted by atomic mass is 10.1. The van der Waals surface area contributed by atoms with E-state index in [9.17, 15) is 9.59 Å². The van der Waals surface area contributed by atoms with Crippen LogP contribution in [0.1, 0.15) is 52.1 Å². The zero-order valence-corrected chi connectivity index (χ0v) is 15.5. The van der Waals surface area contributed by atoms with Crippen LogP contribution in [-0.4, -0.2) is 30.9 Å². The minimum Gasteiger partial charge on any atom is -0.371 e. The molecule has 2 aromatic rings. The molecule has 26 heavy (non-hydrogen) atoms. The number of thiophene rings is 1. The third kappa shape index (κ3) is 3.90. The van der Waals surface area contributed by atoms with Gasteiger partial charge in [0.15, 0.2) is 0 Å². The lowest BCUT2D eigenvalue weighted by molar-refractivity contribution is 0.0950. The van der Waals surface area contributed by atoms with Gasteiger partial charge < -0.3 is 15.5 Å². The molecule has 2 heterocycles. The van der Waals surface area contributed by atoms with Gasteiger partial charge in [0.2, 0.25) is 0 Å². The molecule has 2 N–H and O–H groups in total. The van der Waals surface area contributed by atoms with Gasteiger partial charge in [-0.2, -0.15) is 0 Å². The smallest absolute Gasteiger partial charge is 0.265 e. The molecule has 2 amide bonds. The third-order valence-corrected chi connectivity index (χ3v) is 5.72. The van der Waals surface area contributed by atoms with Gasteiger partial charge in [0.1, 0.15) is 0 Å². The Morgan fingerprint density at radius 3 is 2.54 bits per heavy atom. The summed E-state index contributed by atoms with van der Waals surface area (Å²) in [7, 11) is 0. The normalized spacial score (nSPS) is 17.0. The van der Waals surface area contributed by atoms with E-state index in [1.165, 1.54) is 17.8 Å². The van der Waals surface area contributed by atoms with Gasteiger partial charge >= 0.3 is 0 Å². The molecule has 2 fully saturated rings. The summed E-state index contributed by atoms with van der Waals surface area (Å²) in [4.78, 5) is 28.0. The van der Waals surface area contributed by atoms with Crippen LogP contribution < -0.4 is 15.5 Å². The molecule has 0 radical (unpaired) electrons. The fraction of sp³-hybridized carbons (Fsp3) is 0.400. The number of carbonyl (C=O) groups is 2. The maximum Gasteiger partial charge on any atom is 0.265 e. The predicted molar refractivity (Wildman–Crippen MR) is 105 cm³/mol. The largest absolute Gasteiger partial charge is 0.371 e. The van der Waals surface area contributed by atoms with Crippen molar-refractivity contribution in [2.75, 3.05) is 23.3 Å². The molecule has 0 bridgehead atoms. The van der Waals surface area contributed by atoms with Crippen molar-refractivity contribution >= 4 is 34.5 Å². The van der Waals surface area contributed by atoms with Crippen LogP contribution in [0.2, 0.25) is 0 Å². The van der Waals surface area contributed by atoms with E-state index in [0.717, 1.165) is 44.5 Å². The first kappa shape index (κ1) is 17.1. The number of nitrogens with one attached hydrogen (secondary N) is 2. The first-order valence-corrected chi connectivity index (χ1v) is 10.1. The molecule has 6 heteroatoms. The van der Waals surface area contributed by atoms with E-state index < -0.39 is 0 Å². The van der Waals surface area contributed by atoms with Gasteiger partial charge in [-0.1, -0.05) is 6.07 Å². The Kier molecular flexibility index (Phi) is 4.93. The van der Waals surface area contributed by atoms with Gasteiger partial charge in [-0.3, -0.25) is 9.59 Å². The van der Waals surface area contributed by atoms with Crippen LogP contribution >= 0.6 is 11.3 Å². The van der Waals surface area contributed by atoms with Crippen LogP contribution in [0.15, 0.2) is 35.7 Å². The monoisotopic (exact) mass is 369 g/mol. The van der Waals surface area contributed by atoms with E-state index in [1.54, 1.807) is 6.07 Å². The first-order chi connectivity index (χ1) is 12.7. The standard InChI is InChI=1S/C20H23N3O2S/c24-19(21-14-6-7-14)16-13-15(22-20(25)18-5-4-12-26-18)8-9-17(16)23-10-2-1-3-11-23/h4-5,8-9,12-14H,1-3,6-7,10-11H2,(H,21,24)(H,22,25). The summed E-state index contributed by atoms with van der Waals surface area (Å²) in [6.45, 7) is 1.95. The average Bonchev–Trinajstić information content (AvgIpc) is 3.30. The number of hydrogen-bond donors (Lipinski definition) is 2. The van der Waals surface area contributed by atoms with Gasteiger partial charge in [0.05, 0.1) is 10.4 Å². The molecular formula is C20H23N3O2S. The Morgan fingerprint density at radius 1 is 1.04 bits per heavy atom. The molecule has 1 aromatic heterocycles. The van der Waals surface area contributed by atoms with Crippen LogP contribution in [0.3, 0.4) is 0 Å². The zero-order chi connectivity index (χ0) is 17.9. The molecule has 0 spiro atoms. The topological polar surface area (TPSA) is 61.4 Å². The van der Waals surface area contributed by atoms with Gasteiger partial charge in [-0.05, 0) is 61.7 Å². The summed E-state index contributed by atoms with van der Waals surface area (Å²) in [5.41, 5.74) is 2.28. The minimum atomic E-state index is -0.140. The fourth-order valence-electron chi connectivity index (χ4n) is 3.30. The van der Waals surface area contributed by atoms with E-state index in [0.29, 0.717) is 22.2 Å². The molecule has 1 aromatic carbocycles. The number of rotatable bonds is 5.